The fraction of sp³-hybridized carbons (Fsp3) is 0.375. The minimum atomic E-state index is -0.0758. The molecule has 0 atom stereocenters. The Labute approximate surface area is 172 Å². The zero-order chi connectivity index (χ0) is 20.6. The third-order valence-electron chi connectivity index (χ3n) is 5.12. The summed E-state index contributed by atoms with van der Waals surface area (Å²) in [4.78, 5) is 28.9. The molecule has 0 saturated heterocycles. The number of nitrogens with one attached hydrogen (secondary N) is 1. The number of hydrogen-bond donors (Lipinski definition) is 1. The molecule has 1 aromatic heterocycles. The van der Waals surface area contributed by atoms with E-state index in [1.807, 2.05) is 49.4 Å². The van der Waals surface area contributed by atoms with Crippen LogP contribution < -0.4 is 5.32 Å². The molecule has 1 heterocycles. The lowest BCUT2D eigenvalue weighted by atomic mass is 10.0. The van der Waals surface area contributed by atoms with E-state index in [1.165, 1.54) is 5.56 Å². The standard InChI is InChI=1S/C24H29N3O2/c1-3-7-19-10-12-20(13-11-19)23(28)14-15-24(29)25-16-6-17-27-18(2)26-21-8-4-5-9-22(21)27/h4-5,8-13H,3,6-7,14-17H2,1-2H3,(H,25,29). The molecule has 29 heavy (non-hydrogen) atoms. The molecule has 5 heteroatoms. The maximum atomic E-state index is 12.3. The van der Waals surface area contributed by atoms with Crippen LogP contribution in [0.3, 0.4) is 0 Å². The third kappa shape index (κ3) is 5.53. The van der Waals surface area contributed by atoms with Crippen LogP contribution in [0.2, 0.25) is 0 Å². The third-order valence-corrected chi connectivity index (χ3v) is 5.12. The number of Topliss-reactive ketones (excluding diaryl/α,β-unsaturated/α-hetero) is 1. The summed E-state index contributed by atoms with van der Waals surface area (Å²) in [5.41, 5.74) is 4.03. The molecular weight excluding hydrogens is 362 g/mol. The number of benzene rings is 2. The Balaban J connectivity index is 1.39. The van der Waals surface area contributed by atoms with Crippen molar-refractivity contribution in [2.24, 2.45) is 0 Å². The second-order valence-corrected chi connectivity index (χ2v) is 7.37. The molecule has 0 saturated carbocycles. The van der Waals surface area contributed by atoms with Crippen LogP contribution in [0, 0.1) is 6.92 Å². The van der Waals surface area contributed by atoms with Gasteiger partial charge in [-0.15, -0.1) is 0 Å². The molecule has 0 unspecified atom stereocenters. The summed E-state index contributed by atoms with van der Waals surface area (Å²) in [6.45, 7) is 5.52. The fourth-order valence-corrected chi connectivity index (χ4v) is 3.55. The van der Waals surface area contributed by atoms with Crippen molar-refractivity contribution < 1.29 is 9.59 Å². The van der Waals surface area contributed by atoms with Crippen LogP contribution in [-0.4, -0.2) is 27.8 Å². The van der Waals surface area contributed by atoms with Crippen LogP contribution >= 0.6 is 0 Å². The van der Waals surface area contributed by atoms with Crippen LogP contribution in [0.15, 0.2) is 48.5 Å². The summed E-state index contributed by atoms with van der Waals surface area (Å²) >= 11 is 0. The molecule has 1 amide bonds. The molecule has 0 aliphatic rings. The second-order valence-electron chi connectivity index (χ2n) is 7.37. The first-order valence-electron chi connectivity index (χ1n) is 10.4. The van der Waals surface area contributed by atoms with Crippen LogP contribution in [0.25, 0.3) is 11.0 Å². The summed E-state index contributed by atoms with van der Waals surface area (Å²) in [5.74, 6) is 0.921. The van der Waals surface area contributed by atoms with Crippen molar-refractivity contribution in [1.29, 1.82) is 0 Å². The monoisotopic (exact) mass is 391 g/mol. The highest BCUT2D eigenvalue weighted by Gasteiger charge is 2.10. The molecule has 1 N–H and O–H groups in total. The lowest BCUT2D eigenvalue weighted by molar-refractivity contribution is -0.121. The number of aryl methyl sites for hydroxylation is 3. The van der Waals surface area contributed by atoms with Crippen molar-refractivity contribution in [1.82, 2.24) is 14.9 Å². The summed E-state index contributed by atoms with van der Waals surface area (Å²) < 4.78 is 2.17. The van der Waals surface area contributed by atoms with E-state index in [-0.39, 0.29) is 24.5 Å². The average molecular weight is 392 g/mol. The number of imidazole rings is 1. The number of hydrogen-bond acceptors (Lipinski definition) is 3. The highest BCUT2D eigenvalue weighted by Crippen LogP contribution is 2.15. The van der Waals surface area contributed by atoms with Crippen molar-refractivity contribution in [3.05, 3.63) is 65.5 Å². The Bertz CT molecular complexity index is 973. The van der Waals surface area contributed by atoms with E-state index in [9.17, 15) is 9.59 Å². The first kappa shape index (κ1) is 20.8. The number of aromatic nitrogens is 2. The zero-order valence-corrected chi connectivity index (χ0v) is 17.3. The maximum absolute atomic E-state index is 12.3. The van der Waals surface area contributed by atoms with Crippen LogP contribution in [0.1, 0.15) is 54.4 Å². The molecule has 0 spiro atoms. The maximum Gasteiger partial charge on any atom is 0.220 e. The van der Waals surface area contributed by atoms with Gasteiger partial charge in [-0.2, -0.15) is 0 Å². The molecule has 3 aromatic rings. The smallest absolute Gasteiger partial charge is 0.220 e. The number of carbonyl (C=O) groups excluding carboxylic acids is 2. The summed E-state index contributed by atoms with van der Waals surface area (Å²) in [6, 6.07) is 15.8. The van der Waals surface area contributed by atoms with Crippen molar-refractivity contribution in [3.63, 3.8) is 0 Å². The normalized spacial score (nSPS) is 11.0. The SMILES string of the molecule is CCCc1ccc(C(=O)CCC(=O)NCCCn2c(C)nc3ccccc32)cc1. The first-order chi connectivity index (χ1) is 14.1. The Morgan fingerprint density at radius 2 is 1.79 bits per heavy atom. The summed E-state index contributed by atoms with van der Waals surface area (Å²) in [7, 11) is 0. The number of fused-ring (bicyclic) bond motifs is 1. The lowest BCUT2D eigenvalue weighted by Gasteiger charge is -2.08. The van der Waals surface area contributed by atoms with Gasteiger partial charge in [0.15, 0.2) is 5.78 Å². The lowest BCUT2D eigenvalue weighted by Crippen LogP contribution is -2.25. The van der Waals surface area contributed by atoms with Crippen molar-refractivity contribution in [2.75, 3.05) is 6.54 Å². The largest absolute Gasteiger partial charge is 0.356 e. The Hall–Kier alpha value is -2.95. The van der Waals surface area contributed by atoms with Gasteiger partial charge in [-0.05, 0) is 37.5 Å². The van der Waals surface area contributed by atoms with Gasteiger partial charge in [-0.1, -0.05) is 49.7 Å². The van der Waals surface area contributed by atoms with E-state index < -0.39 is 0 Å². The van der Waals surface area contributed by atoms with Crippen molar-refractivity contribution >= 4 is 22.7 Å². The quantitative estimate of drug-likeness (QED) is 0.410. The Morgan fingerprint density at radius 1 is 1.03 bits per heavy atom. The van der Waals surface area contributed by atoms with Gasteiger partial charge in [0.25, 0.3) is 0 Å². The molecule has 0 fully saturated rings. The van der Waals surface area contributed by atoms with Gasteiger partial charge >= 0.3 is 0 Å². The number of rotatable bonds is 10. The van der Waals surface area contributed by atoms with Crippen molar-refractivity contribution in [3.8, 4) is 0 Å². The van der Waals surface area contributed by atoms with Crippen LogP contribution in [-0.2, 0) is 17.8 Å². The Kier molecular flexibility index (Phi) is 7.17. The fourth-order valence-electron chi connectivity index (χ4n) is 3.55. The molecule has 0 aliphatic heterocycles. The van der Waals surface area contributed by atoms with Gasteiger partial charge < -0.3 is 9.88 Å². The van der Waals surface area contributed by atoms with E-state index in [1.54, 1.807) is 0 Å². The number of ketones is 1. The highest BCUT2D eigenvalue weighted by atomic mass is 16.2. The Morgan fingerprint density at radius 3 is 2.55 bits per heavy atom. The van der Waals surface area contributed by atoms with Gasteiger partial charge in [0.05, 0.1) is 11.0 Å². The number of para-hydroxylation sites is 2. The summed E-state index contributed by atoms with van der Waals surface area (Å²) in [5, 5.41) is 2.92. The van der Waals surface area contributed by atoms with Gasteiger partial charge in [-0.25, -0.2) is 4.98 Å². The average Bonchev–Trinajstić information content (AvgIpc) is 3.05. The molecule has 2 aromatic carbocycles. The van der Waals surface area contributed by atoms with Crippen molar-refractivity contribution in [2.45, 2.75) is 52.5 Å². The molecule has 3 rings (SSSR count). The van der Waals surface area contributed by atoms with Gasteiger partial charge in [0.1, 0.15) is 5.82 Å². The van der Waals surface area contributed by atoms with Gasteiger partial charge in [-0.3, -0.25) is 9.59 Å². The first-order valence-corrected chi connectivity index (χ1v) is 10.4. The van der Waals surface area contributed by atoms with E-state index in [2.05, 4.69) is 27.9 Å². The second kappa shape index (κ2) is 10.0. The van der Waals surface area contributed by atoms with E-state index in [0.717, 1.165) is 42.7 Å². The minimum Gasteiger partial charge on any atom is -0.356 e. The number of carbonyl (C=O) groups is 2. The van der Waals surface area contributed by atoms with E-state index in [0.29, 0.717) is 12.1 Å². The number of nitrogens with zero attached hydrogens (tertiary/aromatic N) is 2. The topological polar surface area (TPSA) is 64.0 Å². The van der Waals surface area contributed by atoms with E-state index >= 15 is 0 Å². The molecule has 0 radical (unpaired) electrons. The zero-order valence-electron chi connectivity index (χ0n) is 17.3. The molecule has 0 aliphatic carbocycles. The molecular formula is C24H29N3O2. The molecule has 152 valence electrons. The minimum absolute atomic E-state index is 0.0173. The predicted octanol–water partition coefficient (Wildman–Crippen LogP) is 4.47. The molecule has 0 bridgehead atoms. The van der Waals surface area contributed by atoms with Gasteiger partial charge in [0.2, 0.25) is 5.91 Å². The predicted molar refractivity (Wildman–Crippen MR) is 116 cm³/mol. The summed E-state index contributed by atoms with van der Waals surface area (Å²) in [6.07, 6.45) is 3.39. The van der Waals surface area contributed by atoms with E-state index in [4.69, 9.17) is 0 Å². The van der Waals surface area contributed by atoms with Gasteiger partial charge in [0, 0.05) is 31.5 Å². The van der Waals surface area contributed by atoms with Crippen LogP contribution in [0.5, 0.6) is 0 Å². The highest BCUT2D eigenvalue weighted by molar-refractivity contribution is 5.97. The molecule has 5 nitrogen and oxygen atoms in total. The van der Waals surface area contributed by atoms with Crippen LogP contribution in [0.4, 0.5) is 0 Å². The number of amides is 1.